The Balaban J connectivity index is 2.05. The third kappa shape index (κ3) is 2.34. The molecule has 0 bridgehead atoms. The smallest absolute Gasteiger partial charge is 0.126 e. The number of halogens is 2. The van der Waals surface area contributed by atoms with Crippen LogP contribution in [0, 0.1) is 17.6 Å². The summed E-state index contributed by atoms with van der Waals surface area (Å²) in [4.78, 5) is 0. The Kier molecular flexibility index (Phi) is 3.00. The quantitative estimate of drug-likeness (QED) is 0.817. The summed E-state index contributed by atoms with van der Waals surface area (Å²) in [5.74, 6) is -0.258. The minimum atomic E-state index is -0.396. The molecule has 1 nitrogen and oxygen atoms in total. The zero-order valence-corrected chi connectivity index (χ0v) is 8.55. The van der Waals surface area contributed by atoms with Crippen LogP contribution in [0.3, 0.4) is 0 Å². The molecule has 0 aromatic heterocycles. The van der Waals surface area contributed by atoms with Crippen LogP contribution < -0.4 is 5.73 Å². The van der Waals surface area contributed by atoms with E-state index in [1.54, 1.807) is 0 Å². The molecule has 0 amide bonds. The zero-order valence-electron chi connectivity index (χ0n) is 8.55. The van der Waals surface area contributed by atoms with Gasteiger partial charge in [-0.2, -0.15) is 0 Å². The molecule has 2 rings (SSSR count). The Bertz CT molecular complexity index is 347. The van der Waals surface area contributed by atoms with E-state index in [9.17, 15) is 8.78 Å². The number of nitrogens with two attached hydrogens (primary N) is 1. The highest BCUT2D eigenvalue weighted by molar-refractivity contribution is 5.20. The van der Waals surface area contributed by atoms with Crippen LogP contribution in [0.4, 0.5) is 8.78 Å². The van der Waals surface area contributed by atoms with Gasteiger partial charge in [0.15, 0.2) is 0 Å². The Morgan fingerprint density at radius 3 is 2.67 bits per heavy atom. The molecule has 3 heteroatoms. The number of hydrogen-bond donors (Lipinski definition) is 1. The summed E-state index contributed by atoms with van der Waals surface area (Å²) < 4.78 is 26.2. The van der Waals surface area contributed by atoms with E-state index in [2.05, 4.69) is 0 Å². The minimum absolute atomic E-state index is 0.0324. The van der Waals surface area contributed by atoms with Gasteiger partial charge in [-0.1, -0.05) is 6.42 Å². The van der Waals surface area contributed by atoms with Crippen LogP contribution in [0.1, 0.15) is 24.8 Å². The highest BCUT2D eigenvalue weighted by Gasteiger charge is 2.25. The van der Waals surface area contributed by atoms with Crippen LogP contribution in [0.2, 0.25) is 0 Å². The predicted molar refractivity (Wildman–Crippen MR) is 55.4 cm³/mol. The van der Waals surface area contributed by atoms with E-state index in [-0.39, 0.29) is 11.9 Å². The highest BCUT2D eigenvalue weighted by atomic mass is 19.1. The lowest BCUT2D eigenvalue weighted by atomic mass is 9.78. The fourth-order valence-electron chi connectivity index (χ4n) is 1.99. The van der Waals surface area contributed by atoms with Crippen molar-refractivity contribution in [1.82, 2.24) is 0 Å². The number of benzene rings is 1. The molecule has 15 heavy (non-hydrogen) atoms. The predicted octanol–water partition coefficient (Wildman–Crippen LogP) is 2.63. The monoisotopic (exact) mass is 211 g/mol. The van der Waals surface area contributed by atoms with Crippen molar-refractivity contribution in [3.05, 3.63) is 35.4 Å². The van der Waals surface area contributed by atoms with Gasteiger partial charge in [-0.05, 0) is 48.9 Å². The van der Waals surface area contributed by atoms with Gasteiger partial charge in [-0.3, -0.25) is 0 Å². The molecule has 0 heterocycles. The largest absolute Gasteiger partial charge is 0.327 e. The number of hydrogen-bond acceptors (Lipinski definition) is 1. The summed E-state index contributed by atoms with van der Waals surface area (Å²) in [5.41, 5.74) is 6.34. The van der Waals surface area contributed by atoms with Gasteiger partial charge in [-0.15, -0.1) is 0 Å². The van der Waals surface area contributed by atoms with E-state index in [0.29, 0.717) is 17.9 Å². The normalized spacial score (nSPS) is 18.6. The maximum absolute atomic E-state index is 13.3. The van der Waals surface area contributed by atoms with Crippen molar-refractivity contribution in [2.24, 2.45) is 11.7 Å². The molecule has 1 aromatic rings. The lowest BCUT2D eigenvalue weighted by molar-refractivity contribution is 0.259. The summed E-state index contributed by atoms with van der Waals surface area (Å²) in [5, 5.41) is 0. The van der Waals surface area contributed by atoms with Gasteiger partial charge >= 0.3 is 0 Å². The van der Waals surface area contributed by atoms with Crippen molar-refractivity contribution in [3.63, 3.8) is 0 Å². The van der Waals surface area contributed by atoms with Crippen LogP contribution in [0.15, 0.2) is 18.2 Å². The van der Waals surface area contributed by atoms with E-state index >= 15 is 0 Å². The van der Waals surface area contributed by atoms with Crippen LogP contribution in [0.25, 0.3) is 0 Å². The maximum atomic E-state index is 13.3. The Labute approximate surface area is 88.3 Å². The van der Waals surface area contributed by atoms with Crippen LogP contribution in [0.5, 0.6) is 0 Å². The molecule has 1 saturated carbocycles. The van der Waals surface area contributed by atoms with Gasteiger partial charge in [0.1, 0.15) is 11.6 Å². The first-order valence-corrected chi connectivity index (χ1v) is 5.36. The molecule has 1 aliphatic carbocycles. The average Bonchev–Trinajstić information content (AvgIpc) is 2.08. The second-order valence-corrected chi connectivity index (χ2v) is 4.29. The van der Waals surface area contributed by atoms with Gasteiger partial charge in [0.05, 0.1) is 0 Å². The molecular formula is C12H15F2N. The first-order valence-electron chi connectivity index (χ1n) is 5.36. The second kappa shape index (κ2) is 4.27. The third-order valence-corrected chi connectivity index (χ3v) is 3.22. The van der Waals surface area contributed by atoms with Crippen LogP contribution >= 0.6 is 0 Å². The van der Waals surface area contributed by atoms with Crippen molar-refractivity contribution in [2.75, 3.05) is 0 Å². The summed E-state index contributed by atoms with van der Waals surface area (Å²) in [6.45, 7) is 0. The summed E-state index contributed by atoms with van der Waals surface area (Å²) in [6.07, 6.45) is 3.90. The summed E-state index contributed by atoms with van der Waals surface area (Å²) in [7, 11) is 0. The van der Waals surface area contributed by atoms with Gasteiger partial charge in [0, 0.05) is 6.04 Å². The molecule has 2 N–H and O–H groups in total. The van der Waals surface area contributed by atoms with Crippen molar-refractivity contribution >= 4 is 0 Å². The Hall–Kier alpha value is -0.960. The molecule has 0 saturated heterocycles. The average molecular weight is 211 g/mol. The van der Waals surface area contributed by atoms with E-state index in [0.717, 1.165) is 25.0 Å². The van der Waals surface area contributed by atoms with Crippen LogP contribution in [-0.4, -0.2) is 6.04 Å². The maximum Gasteiger partial charge on any atom is 0.126 e. The lowest BCUT2D eigenvalue weighted by Gasteiger charge is -2.31. The number of rotatable bonds is 3. The third-order valence-electron chi connectivity index (χ3n) is 3.22. The molecule has 0 radical (unpaired) electrons. The topological polar surface area (TPSA) is 26.0 Å². The Morgan fingerprint density at radius 1 is 1.33 bits per heavy atom. The molecule has 1 unspecified atom stereocenters. The van der Waals surface area contributed by atoms with Gasteiger partial charge in [-0.25, -0.2) is 8.78 Å². The van der Waals surface area contributed by atoms with Gasteiger partial charge in [0.25, 0.3) is 0 Å². The van der Waals surface area contributed by atoms with E-state index in [1.165, 1.54) is 12.5 Å². The standard InChI is InChI=1S/C12H15F2N/c13-10-4-5-11(14)9(6-10)7-12(15)8-2-1-3-8/h4-6,8,12H,1-3,7,15H2. The molecule has 0 aliphatic heterocycles. The fourth-order valence-corrected chi connectivity index (χ4v) is 1.99. The van der Waals surface area contributed by atoms with E-state index < -0.39 is 5.82 Å². The van der Waals surface area contributed by atoms with Crippen molar-refractivity contribution in [1.29, 1.82) is 0 Å². The molecule has 1 fully saturated rings. The van der Waals surface area contributed by atoms with Crippen molar-refractivity contribution in [3.8, 4) is 0 Å². The molecule has 1 aliphatic rings. The molecular weight excluding hydrogens is 196 g/mol. The van der Waals surface area contributed by atoms with Crippen LogP contribution in [-0.2, 0) is 6.42 Å². The molecule has 0 spiro atoms. The highest BCUT2D eigenvalue weighted by Crippen LogP contribution is 2.30. The Morgan fingerprint density at radius 2 is 2.07 bits per heavy atom. The van der Waals surface area contributed by atoms with Gasteiger partial charge < -0.3 is 5.73 Å². The van der Waals surface area contributed by atoms with Gasteiger partial charge in [0.2, 0.25) is 0 Å². The molecule has 82 valence electrons. The van der Waals surface area contributed by atoms with E-state index in [4.69, 9.17) is 5.73 Å². The van der Waals surface area contributed by atoms with E-state index in [1.807, 2.05) is 0 Å². The van der Waals surface area contributed by atoms with Crippen molar-refractivity contribution in [2.45, 2.75) is 31.7 Å². The summed E-state index contributed by atoms with van der Waals surface area (Å²) in [6, 6.07) is 3.51. The molecule has 1 atom stereocenters. The molecule has 1 aromatic carbocycles. The minimum Gasteiger partial charge on any atom is -0.327 e. The summed E-state index contributed by atoms with van der Waals surface area (Å²) >= 11 is 0. The van der Waals surface area contributed by atoms with Crippen molar-refractivity contribution < 1.29 is 8.78 Å². The second-order valence-electron chi connectivity index (χ2n) is 4.29. The zero-order chi connectivity index (χ0) is 10.8. The fraction of sp³-hybridized carbons (Fsp3) is 0.500. The first-order chi connectivity index (χ1) is 7.16. The SMILES string of the molecule is NC(Cc1cc(F)ccc1F)C1CCC1. The first kappa shape index (κ1) is 10.6. The lowest BCUT2D eigenvalue weighted by Crippen LogP contribution is -2.36.